The maximum atomic E-state index is 2.38. The lowest BCUT2D eigenvalue weighted by Gasteiger charge is -2.21. The van der Waals surface area contributed by atoms with E-state index in [1.54, 1.807) is 0 Å². The van der Waals surface area contributed by atoms with Gasteiger partial charge in [-0.2, -0.15) is 0 Å². The van der Waals surface area contributed by atoms with E-state index >= 15 is 0 Å². The monoisotopic (exact) mass is 262 g/mol. The van der Waals surface area contributed by atoms with Gasteiger partial charge in [-0.1, -0.05) is 63.2 Å². The standard InChI is InChI=1S/C20H22/c1-13-16-8-6-7-9-17(16)14(2)19-12-15(20(3,4)5)10-11-18(13)19/h6-12H,1-5H3. The molecule has 0 bridgehead atoms. The van der Waals surface area contributed by atoms with Crippen molar-refractivity contribution in [2.45, 2.75) is 40.0 Å². The van der Waals surface area contributed by atoms with Gasteiger partial charge in [0.15, 0.2) is 0 Å². The minimum Gasteiger partial charge on any atom is -0.0616 e. The Labute approximate surface area is 121 Å². The molecule has 3 aromatic carbocycles. The first-order valence-corrected chi connectivity index (χ1v) is 7.32. The Kier molecular flexibility index (Phi) is 2.86. The fraction of sp³-hybridized carbons (Fsp3) is 0.300. The number of hydrogen-bond acceptors (Lipinski definition) is 0. The minimum absolute atomic E-state index is 0.195. The zero-order valence-electron chi connectivity index (χ0n) is 13.0. The zero-order valence-corrected chi connectivity index (χ0v) is 13.0. The molecule has 0 unspecified atom stereocenters. The average molecular weight is 262 g/mol. The Balaban J connectivity index is 2.47. The summed E-state index contributed by atoms with van der Waals surface area (Å²) in [6.45, 7) is 11.3. The lowest BCUT2D eigenvalue weighted by molar-refractivity contribution is 0.591. The molecular weight excluding hydrogens is 240 g/mol. The normalized spacial score (nSPS) is 12.2. The topological polar surface area (TPSA) is 0 Å². The van der Waals surface area contributed by atoms with Crippen molar-refractivity contribution in [2.24, 2.45) is 0 Å². The fourth-order valence-electron chi connectivity index (χ4n) is 3.08. The van der Waals surface area contributed by atoms with Crippen LogP contribution in [0.5, 0.6) is 0 Å². The molecule has 0 aliphatic rings. The number of hydrogen-bond donors (Lipinski definition) is 0. The highest BCUT2D eigenvalue weighted by Gasteiger charge is 2.15. The van der Waals surface area contributed by atoms with Crippen molar-refractivity contribution in [3.63, 3.8) is 0 Å². The van der Waals surface area contributed by atoms with Crippen LogP contribution in [0.25, 0.3) is 21.5 Å². The van der Waals surface area contributed by atoms with E-state index in [0.29, 0.717) is 0 Å². The van der Waals surface area contributed by atoms with Gasteiger partial charge in [0.05, 0.1) is 0 Å². The second-order valence-electron chi connectivity index (χ2n) is 6.81. The molecular formula is C20H22. The Morgan fingerprint density at radius 1 is 0.650 bits per heavy atom. The van der Waals surface area contributed by atoms with Crippen LogP contribution >= 0.6 is 0 Å². The summed E-state index contributed by atoms with van der Waals surface area (Å²) < 4.78 is 0. The van der Waals surface area contributed by atoms with E-state index in [1.807, 2.05) is 0 Å². The minimum atomic E-state index is 0.195. The van der Waals surface area contributed by atoms with E-state index in [2.05, 4.69) is 77.1 Å². The molecule has 0 fully saturated rings. The smallest absolute Gasteiger partial charge is 0.0132 e. The van der Waals surface area contributed by atoms with Crippen LogP contribution in [0.4, 0.5) is 0 Å². The van der Waals surface area contributed by atoms with E-state index in [-0.39, 0.29) is 5.41 Å². The molecule has 0 nitrogen and oxygen atoms in total. The van der Waals surface area contributed by atoms with Gasteiger partial charge in [0, 0.05) is 0 Å². The molecule has 0 amide bonds. The second-order valence-corrected chi connectivity index (χ2v) is 6.81. The summed E-state index contributed by atoms with van der Waals surface area (Å²) in [6, 6.07) is 15.7. The average Bonchev–Trinajstić information content (AvgIpc) is 2.43. The predicted molar refractivity (Wildman–Crippen MR) is 89.6 cm³/mol. The second kappa shape index (κ2) is 4.34. The van der Waals surface area contributed by atoms with Gasteiger partial charge >= 0.3 is 0 Å². The molecule has 0 aliphatic heterocycles. The van der Waals surface area contributed by atoms with Gasteiger partial charge in [0.1, 0.15) is 0 Å². The van der Waals surface area contributed by atoms with Crippen LogP contribution in [0.15, 0.2) is 42.5 Å². The van der Waals surface area contributed by atoms with Gasteiger partial charge in [-0.15, -0.1) is 0 Å². The van der Waals surface area contributed by atoms with Gasteiger partial charge in [-0.25, -0.2) is 0 Å². The van der Waals surface area contributed by atoms with Gasteiger partial charge in [0.2, 0.25) is 0 Å². The highest BCUT2D eigenvalue weighted by atomic mass is 14.2. The van der Waals surface area contributed by atoms with Crippen LogP contribution in [0, 0.1) is 13.8 Å². The first-order chi connectivity index (χ1) is 9.39. The van der Waals surface area contributed by atoms with Crippen molar-refractivity contribution >= 4 is 21.5 Å². The van der Waals surface area contributed by atoms with Crippen LogP contribution in [0.2, 0.25) is 0 Å². The number of benzene rings is 3. The van der Waals surface area contributed by atoms with Gasteiger partial charge in [-0.3, -0.25) is 0 Å². The number of fused-ring (bicyclic) bond motifs is 2. The van der Waals surface area contributed by atoms with Crippen molar-refractivity contribution in [3.8, 4) is 0 Å². The number of rotatable bonds is 0. The first kappa shape index (κ1) is 13.2. The molecule has 3 rings (SSSR count). The molecule has 0 saturated heterocycles. The van der Waals surface area contributed by atoms with Crippen molar-refractivity contribution in [1.82, 2.24) is 0 Å². The van der Waals surface area contributed by atoms with Crippen LogP contribution in [-0.2, 0) is 5.41 Å². The van der Waals surface area contributed by atoms with Crippen molar-refractivity contribution in [2.75, 3.05) is 0 Å². The van der Waals surface area contributed by atoms with Crippen molar-refractivity contribution in [1.29, 1.82) is 0 Å². The summed E-state index contributed by atoms with van der Waals surface area (Å²) in [7, 11) is 0. The van der Waals surface area contributed by atoms with Gasteiger partial charge < -0.3 is 0 Å². The summed E-state index contributed by atoms with van der Waals surface area (Å²) in [5, 5.41) is 5.53. The van der Waals surface area contributed by atoms with Gasteiger partial charge in [0.25, 0.3) is 0 Å². The summed E-state index contributed by atoms with van der Waals surface area (Å²) >= 11 is 0. The highest BCUT2D eigenvalue weighted by molar-refractivity contribution is 6.05. The summed E-state index contributed by atoms with van der Waals surface area (Å²) in [4.78, 5) is 0. The van der Waals surface area contributed by atoms with E-state index in [9.17, 15) is 0 Å². The molecule has 0 saturated carbocycles. The molecule has 0 spiro atoms. The zero-order chi connectivity index (χ0) is 14.5. The predicted octanol–water partition coefficient (Wildman–Crippen LogP) is 5.91. The fourth-order valence-corrected chi connectivity index (χ4v) is 3.08. The molecule has 0 radical (unpaired) electrons. The van der Waals surface area contributed by atoms with E-state index in [1.165, 1.54) is 38.2 Å². The third kappa shape index (κ3) is 1.91. The number of aryl methyl sites for hydroxylation is 2. The Bertz CT molecular complexity index is 801. The largest absolute Gasteiger partial charge is 0.0616 e. The van der Waals surface area contributed by atoms with E-state index in [0.717, 1.165) is 0 Å². The van der Waals surface area contributed by atoms with Crippen LogP contribution in [-0.4, -0.2) is 0 Å². The maximum absolute atomic E-state index is 2.38. The third-order valence-corrected chi connectivity index (χ3v) is 4.43. The van der Waals surface area contributed by atoms with Gasteiger partial charge in [-0.05, 0) is 57.5 Å². The lowest BCUT2D eigenvalue weighted by atomic mass is 9.84. The van der Waals surface area contributed by atoms with Crippen LogP contribution < -0.4 is 0 Å². The molecule has 0 atom stereocenters. The summed E-state index contributed by atoms with van der Waals surface area (Å²) in [5.41, 5.74) is 4.39. The molecule has 3 aromatic rings. The molecule has 0 aromatic heterocycles. The molecule has 0 aliphatic carbocycles. The van der Waals surface area contributed by atoms with E-state index in [4.69, 9.17) is 0 Å². The molecule has 0 N–H and O–H groups in total. The van der Waals surface area contributed by atoms with E-state index < -0.39 is 0 Å². The Morgan fingerprint density at radius 2 is 1.15 bits per heavy atom. The summed E-state index contributed by atoms with van der Waals surface area (Å²) in [6.07, 6.45) is 0. The SMILES string of the molecule is Cc1c2ccccc2c(C)c2cc(C(C)(C)C)ccc12. The Hall–Kier alpha value is -1.82. The first-order valence-electron chi connectivity index (χ1n) is 7.32. The van der Waals surface area contributed by atoms with Crippen molar-refractivity contribution in [3.05, 3.63) is 59.2 Å². The Morgan fingerprint density at radius 3 is 1.70 bits per heavy atom. The lowest BCUT2D eigenvalue weighted by Crippen LogP contribution is -2.10. The molecule has 0 heteroatoms. The third-order valence-electron chi connectivity index (χ3n) is 4.43. The molecule has 20 heavy (non-hydrogen) atoms. The van der Waals surface area contributed by atoms with Crippen LogP contribution in [0.3, 0.4) is 0 Å². The summed E-state index contributed by atoms with van der Waals surface area (Å²) in [5.74, 6) is 0. The highest BCUT2D eigenvalue weighted by Crippen LogP contribution is 2.34. The quantitative estimate of drug-likeness (QED) is 0.442. The molecule has 102 valence electrons. The van der Waals surface area contributed by atoms with Crippen LogP contribution in [0.1, 0.15) is 37.5 Å². The molecule has 0 heterocycles. The maximum Gasteiger partial charge on any atom is -0.0132 e. The van der Waals surface area contributed by atoms with Crippen molar-refractivity contribution < 1.29 is 0 Å².